The molecule has 3 heterocycles. The van der Waals surface area contributed by atoms with Crippen molar-refractivity contribution in [3.63, 3.8) is 0 Å². The molecule has 0 aromatic carbocycles. The first-order chi connectivity index (χ1) is 14.5. The molecule has 31 heavy (non-hydrogen) atoms. The fraction of sp³-hybridized carbons (Fsp3) is 0.682. The van der Waals surface area contributed by atoms with Gasteiger partial charge in [-0.1, -0.05) is 34.7 Å². The van der Waals surface area contributed by atoms with Crippen LogP contribution in [0, 0.1) is 11.8 Å². The molecule has 2 bridgehead atoms. The van der Waals surface area contributed by atoms with Crippen molar-refractivity contribution in [2.75, 3.05) is 26.3 Å². The van der Waals surface area contributed by atoms with Crippen molar-refractivity contribution in [2.24, 2.45) is 11.8 Å². The molecule has 0 saturated carbocycles. The Morgan fingerprint density at radius 2 is 2.06 bits per heavy atom. The van der Waals surface area contributed by atoms with E-state index in [2.05, 4.69) is 29.1 Å². The summed E-state index contributed by atoms with van der Waals surface area (Å²) in [6.45, 7) is 13.0. The third kappa shape index (κ3) is 3.74. The van der Waals surface area contributed by atoms with Crippen molar-refractivity contribution >= 4 is 33.7 Å². The predicted octanol–water partition coefficient (Wildman–Crippen LogP) is 1.27. The van der Waals surface area contributed by atoms with E-state index in [1.54, 1.807) is 11.0 Å². The lowest BCUT2D eigenvalue weighted by atomic mass is 9.70. The van der Waals surface area contributed by atoms with Crippen LogP contribution in [0.15, 0.2) is 25.3 Å². The van der Waals surface area contributed by atoms with E-state index in [1.807, 2.05) is 20.8 Å². The minimum absolute atomic E-state index is 0.0189. The number of aliphatic hydroxyl groups excluding tert-OH is 1. The third-order valence-electron chi connectivity index (χ3n) is 6.37. The summed E-state index contributed by atoms with van der Waals surface area (Å²) in [7, 11) is 0. The van der Waals surface area contributed by atoms with Crippen molar-refractivity contribution in [1.82, 2.24) is 9.80 Å². The first-order valence-corrected chi connectivity index (χ1v) is 11.4. The van der Waals surface area contributed by atoms with Crippen molar-refractivity contribution in [3.8, 4) is 0 Å². The largest absolute Gasteiger partial charge is 0.461 e. The molecule has 3 fully saturated rings. The standard InChI is InChI=1S/C22H31BrN2O6/c1-6-8-25(21(3,4)5)19(28)17-22-12-13(23)16(31-22)14(20(29)30-11-7-2)15(22)18(27)24(17)9-10-26/h6-7,13-17,26H,1-2,8-12H2,3-5H3/t13?,14-,15+,16-,17?,22?/m1/s1. The number of fused-ring (bicyclic) bond motifs is 1. The molecule has 3 rings (SSSR count). The summed E-state index contributed by atoms with van der Waals surface area (Å²) < 4.78 is 11.6. The minimum Gasteiger partial charge on any atom is -0.461 e. The first kappa shape index (κ1) is 23.9. The molecule has 0 aromatic heterocycles. The van der Waals surface area contributed by atoms with Crippen molar-refractivity contribution < 1.29 is 29.0 Å². The van der Waals surface area contributed by atoms with Crippen LogP contribution in [0.4, 0.5) is 0 Å². The Balaban J connectivity index is 2.06. The number of ether oxygens (including phenoxy) is 2. The van der Waals surface area contributed by atoms with Crippen LogP contribution in [0.25, 0.3) is 0 Å². The van der Waals surface area contributed by atoms with Gasteiger partial charge < -0.3 is 24.4 Å². The van der Waals surface area contributed by atoms with Gasteiger partial charge in [-0.3, -0.25) is 14.4 Å². The normalized spacial score (nSPS) is 33.9. The van der Waals surface area contributed by atoms with Crippen LogP contribution in [0.2, 0.25) is 0 Å². The number of carbonyl (C=O) groups excluding carboxylic acids is 3. The molecule has 3 unspecified atom stereocenters. The lowest BCUT2D eigenvalue weighted by Crippen LogP contribution is -2.60. The van der Waals surface area contributed by atoms with E-state index in [1.165, 1.54) is 11.0 Å². The van der Waals surface area contributed by atoms with Crippen molar-refractivity contribution in [2.45, 2.75) is 55.3 Å². The van der Waals surface area contributed by atoms with Crippen LogP contribution in [0.1, 0.15) is 27.2 Å². The van der Waals surface area contributed by atoms with Crippen LogP contribution in [-0.4, -0.2) is 87.1 Å². The molecule has 8 nitrogen and oxygen atoms in total. The zero-order valence-corrected chi connectivity index (χ0v) is 19.8. The summed E-state index contributed by atoms with van der Waals surface area (Å²) in [6.07, 6.45) is 2.94. The lowest BCUT2D eigenvalue weighted by molar-refractivity contribution is -0.155. The highest BCUT2D eigenvalue weighted by Gasteiger charge is 2.77. The Morgan fingerprint density at radius 1 is 1.39 bits per heavy atom. The Hall–Kier alpha value is -1.71. The van der Waals surface area contributed by atoms with Gasteiger partial charge in [0.1, 0.15) is 18.2 Å². The molecule has 9 heteroatoms. The second-order valence-electron chi connectivity index (χ2n) is 9.25. The number of rotatable bonds is 8. The number of nitrogens with zero attached hydrogens (tertiary/aromatic N) is 2. The van der Waals surface area contributed by atoms with E-state index in [0.717, 1.165) is 0 Å². The number of amides is 2. The van der Waals surface area contributed by atoms with Gasteiger partial charge in [0.15, 0.2) is 0 Å². The highest BCUT2D eigenvalue weighted by atomic mass is 79.9. The van der Waals surface area contributed by atoms with E-state index < -0.39 is 41.1 Å². The first-order valence-electron chi connectivity index (χ1n) is 10.5. The summed E-state index contributed by atoms with van der Waals surface area (Å²) in [5, 5.41) is 9.63. The fourth-order valence-electron chi connectivity index (χ4n) is 5.23. The van der Waals surface area contributed by atoms with Crippen molar-refractivity contribution in [1.29, 1.82) is 0 Å². The number of hydrogen-bond donors (Lipinski definition) is 1. The highest BCUT2D eigenvalue weighted by Crippen LogP contribution is 2.60. The van der Waals surface area contributed by atoms with Gasteiger partial charge in [0.2, 0.25) is 11.8 Å². The van der Waals surface area contributed by atoms with Crippen molar-refractivity contribution in [3.05, 3.63) is 25.3 Å². The second-order valence-corrected chi connectivity index (χ2v) is 10.4. The molecule has 1 N–H and O–H groups in total. The summed E-state index contributed by atoms with van der Waals surface area (Å²) in [4.78, 5) is 43.1. The molecule has 3 saturated heterocycles. The topological polar surface area (TPSA) is 96.4 Å². The smallest absolute Gasteiger partial charge is 0.312 e. The average molecular weight is 499 g/mol. The van der Waals surface area contributed by atoms with Crippen LogP contribution in [-0.2, 0) is 23.9 Å². The average Bonchev–Trinajstić information content (AvgIpc) is 3.27. The number of halogens is 1. The molecule has 172 valence electrons. The number of β-amino-alcohol motifs (C(OH)–C–C–N with tert-alkyl or cyclic N) is 1. The SMILES string of the molecule is C=CCOC(=O)[C@H]1[C@@H]2OC3(CC2Br)C(C(=O)N(CC=C)C(C)(C)C)N(CCO)C(=O)[C@H]13. The van der Waals surface area contributed by atoms with Crippen LogP contribution >= 0.6 is 15.9 Å². The predicted molar refractivity (Wildman–Crippen MR) is 117 cm³/mol. The van der Waals surface area contributed by atoms with Crippen LogP contribution in [0.5, 0.6) is 0 Å². The van der Waals surface area contributed by atoms with E-state index in [-0.39, 0.29) is 36.4 Å². The maximum absolute atomic E-state index is 13.9. The van der Waals surface area contributed by atoms with Gasteiger partial charge in [0, 0.05) is 23.5 Å². The van der Waals surface area contributed by atoms with Gasteiger partial charge in [-0.25, -0.2) is 0 Å². The molecule has 1 spiro atoms. The van der Waals surface area contributed by atoms with Gasteiger partial charge in [0.05, 0.1) is 24.5 Å². The number of carbonyl (C=O) groups is 3. The van der Waals surface area contributed by atoms with Gasteiger partial charge in [0.25, 0.3) is 0 Å². The maximum Gasteiger partial charge on any atom is 0.312 e. The third-order valence-corrected chi connectivity index (χ3v) is 7.21. The molecule has 6 atom stereocenters. The summed E-state index contributed by atoms with van der Waals surface area (Å²) in [5.74, 6) is -2.84. The van der Waals surface area contributed by atoms with E-state index >= 15 is 0 Å². The molecule has 3 aliphatic rings. The van der Waals surface area contributed by atoms with Crippen LogP contribution in [0.3, 0.4) is 0 Å². The zero-order chi connectivity index (χ0) is 23.1. The van der Waals surface area contributed by atoms with Gasteiger partial charge in [-0.15, -0.1) is 6.58 Å². The minimum atomic E-state index is -1.16. The number of likely N-dealkylation sites (tertiary alicyclic amines) is 1. The molecule has 0 radical (unpaired) electrons. The Morgan fingerprint density at radius 3 is 2.61 bits per heavy atom. The Labute approximate surface area is 191 Å². The van der Waals surface area contributed by atoms with Gasteiger partial charge in [-0.2, -0.15) is 0 Å². The second kappa shape index (κ2) is 8.67. The number of esters is 1. The molecule has 0 aromatic rings. The maximum atomic E-state index is 13.9. The fourth-order valence-corrected chi connectivity index (χ4v) is 6.18. The zero-order valence-electron chi connectivity index (χ0n) is 18.3. The molecule has 0 aliphatic carbocycles. The number of hydrogen-bond acceptors (Lipinski definition) is 6. The highest BCUT2D eigenvalue weighted by molar-refractivity contribution is 9.09. The summed E-state index contributed by atoms with van der Waals surface area (Å²) >= 11 is 3.59. The molecule has 2 amide bonds. The quantitative estimate of drug-likeness (QED) is 0.307. The summed E-state index contributed by atoms with van der Waals surface area (Å²) in [5.41, 5.74) is -1.69. The van der Waals surface area contributed by atoms with E-state index in [9.17, 15) is 19.5 Å². The Kier molecular flexibility index (Phi) is 6.70. The Bertz CT molecular complexity index is 780. The van der Waals surface area contributed by atoms with E-state index in [0.29, 0.717) is 13.0 Å². The lowest BCUT2D eigenvalue weighted by Gasteiger charge is -2.42. The molecule has 3 aliphatic heterocycles. The van der Waals surface area contributed by atoms with Gasteiger partial charge >= 0.3 is 5.97 Å². The molecular formula is C22H31BrN2O6. The monoisotopic (exact) mass is 498 g/mol. The van der Waals surface area contributed by atoms with Gasteiger partial charge in [-0.05, 0) is 27.2 Å². The number of alkyl halides is 1. The number of aliphatic hydroxyl groups is 1. The van der Waals surface area contributed by atoms with Crippen LogP contribution < -0.4 is 0 Å². The summed E-state index contributed by atoms with van der Waals surface area (Å²) in [6, 6.07) is -0.946. The van der Waals surface area contributed by atoms with E-state index in [4.69, 9.17) is 9.47 Å². The molecular weight excluding hydrogens is 468 g/mol.